The van der Waals surface area contributed by atoms with Crippen molar-refractivity contribution in [1.29, 1.82) is 0 Å². The minimum Gasteiger partial charge on any atom is -0.371 e. The maximum absolute atomic E-state index is 8.42. The topological polar surface area (TPSA) is 62.2 Å². The molecule has 0 aliphatic carbocycles. The summed E-state index contributed by atoms with van der Waals surface area (Å²) in [7, 11) is 0. The minimum atomic E-state index is -1.04. The first-order chi connectivity index (χ1) is 3.30. The molecule has 5 nitrogen and oxygen atoms in total. The summed E-state index contributed by atoms with van der Waals surface area (Å²) in [5.74, 6) is 0. The standard InChI is InChI=1S/C2H5NO4/c4-2-1-6-7-3(2)5/h2,4-5H,1H2. The van der Waals surface area contributed by atoms with Crippen molar-refractivity contribution in [3.8, 4) is 0 Å². The quantitative estimate of drug-likeness (QED) is 0.383. The third-order valence-electron chi connectivity index (χ3n) is 0.601. The molecule has 1 unspecified atom stereocenters. The molecule has 7 heavy (non-hydrogen) atoms. The molecule has 0 bridgehead atoms. The summed E-state index contributed by atoms with van der Waals surface area (Å²) in [6.45, 7) is -0.0174. The van der Waals surface area contributed by atoms with E-state index in [4.69, 9.17) is 10.3 Å². The maximum Gasteiger partial charge on any atom is 0.186 e. The van der Waals surface area contributed by atoms with E-state index in [0.29, 0.717) is 0 Å². The fraction of sp³-hybridized carbons (Fsp3) is 1.00. The van der Waals surface area contributed by atoms with Crippen LogP contribution in [0, 0.1) is 0 Å². The second-order valence-corrected chi connectivity index (χ2v) is 1.14. The van der Waals surface area contributed by atoms with Crippen LogP contribution < -0.4 is 0 Å². The van der Waals surface area contributed by atoms with Gasteiger partial charge in [0.05, 0.1) is 0 Å². The Morgan fingerprint density at radius 1 is 1.71 bits per heavy atom. The summed E-state index contributed by atoms with van der Waals surface area (Å²) in [6, 6.07) is 0. The van der Waals surface area contributed by atoms with E-state index in [2.05, 4.69) is 9.88 Å². The Hall–Kier alpha value is -0.200. The van der Waals surface area contributed by atoms with Gasteiger partial charge in [-0.05, 0) is 5.23 Å². The van der Waals surface area contributed by atoms with Gasteiger partial charge in [-0.1, -0.05) is 0 Å². The molecule has 0 aromatic carbocycles. The molecule has 1 saturated heterocycles. The second kappa shape index (κ2) is 1.73. The Morgan fingerprint density at radius 3 is 2.57 bits per heavy atom. The van der Waals surface area contributed by atoms with Crippen molar-refractivity contribution in [2.75, 3.05) is 6.61 Å². The molecule has 1 heterocycles. The van der Waals surface area contributed by atoms with Gasteiger partial charge in [-0.25, -0.2) is 4.89 Å². The van der Waals surface area contributed by atoms with Crippen molar-refractivity contribution in [3.63, 3.8) is 0 Å². The first-order valence-corrected chi connectivity index (χ1v) is 1.76. The maximum atomic E-state index is 8.42. The summed E-state index contributed by atoms with van der Waals surface area (Å²) < 4.78 is 0. The summed E-state index contributed by atoms with van der Waals surface area (Å²) >= 11 is 0. The fourth-order valence-corrected chi connectivity index (χ4v) is 0.259. The lowest BCUT2D eigenvalue weighted by atomic mass is 10.7. The number of aliphatic hydroxyl groups excluding tert-OH is 1. The van der Waals surface area contributed by atoms with Crippen LogP contribution in [0.15, 0.2) is 0 Å². The lowest BCUT2D eigenvalue weighted by Crippen LogP contribution is -2.25. The second-order valence-electron chi connectivity index (χ2n) is 1.14. The van der Waals surface area contributed by atoms with E-state index in [1.54, 1.807) is 0 Å². The number of hydrogen-bond donors (Lipinski definition) is 2. The van der Waals surface area contributed by atoms with Gasteiger partial charge in [-0.2, -0.15) is 0 Å². The zero-order valence-electron chi connectivity index (χ0n) is 3.44. The molecule has 2 N–H and O–H groups in total. The third-order valence-corrected chi connectivity index (χ3v) is 0.601. The largest absolute Gasteiger partial charge is 0.371 e. The van der Waals surface area contributed by atoms with E-state index >= 15 is 0 Å². The van der Waals surface area contributed by atoms with Gasteiger partial charge in [0.15, 0.2) is 6.23 Å². The number of hydrogen-bond acceptors (Lipinski definition) is 5. The van der Waals surface area contributed by atoms with Crippen molar-refractivity contribution in [3.05, 3.63) is 0 Å². The van der Waals surface area contributed by atoms with Crippen molar-refractivity contribution in [1.82, 2.24) is 5.23 Å². The van der Waals surface area contributed by atoms with Gasteiger partial charge >= 0.3 is 0 Å². The molecule has 1 aliphatic heterocycles. The highest BCUT2D eigenvalue weighted by atomic mass is 17.3. The Bertz CT molecular complexity index is 58.7. The Morgan fingerprint density at radius 2 is 2.43 bits per heavy atom. The molecule has 1 rings (SSSR count). The highest BCUT2D eigenvalue weighted by Crippen LogP contribution is 2.02. The van der Waals surface area contributed by atoms with E-state index < -0.39 is 6.23 Å². The van der Waals surface area contributed by atoms with Crippen LogP contribution in [0.5, 0.6) is 0 Å². The monoisotopic (exact) mass is 107 g/mol. The van der Waals surface area contributed by atoms with Crippen LogP contribution in [0.4, 0.5) is 0 Å². The summed E-state index contributed by atoms with van der Waals surface area (Å²) in [6.07, 6.45) is -1.04. The lowest BCUT2D eigenvalue weighted by molar-refractivity contribution is -0.475. The first kappa shape index (κ1) is 4.95. The molecule has 42 valence electrons. The van der Waals surface area contributed by atoms with Crippen LogP contribution in [0.25, 0.3) is 0 Å². The molecule has 0 spiro atoms. The zero-order valence-corrected chi connectivity index (χ0v) is 3.44. The van der Waals surface area contributed by atoms with E-state index in [1.807, 2.05) is 0 Å². The van der Waals surface area contributed by atoms with Crippen molar-refractivity contribution < 1.29 is 20.2 Å². The van der Waals surface area contributed by atoms with Crippen LogP contribution in [0.3, 0.4) is 0 Å². The molecule has 1 aliphatic rings. The van der Waals surface area contributed by atoms with Crippen molar-refractivity contribution >= 4 is 0 Å². The van der Waals surface area contributed by atoms with Crippen molar-refractivity contribution in [2.45, 2.75) is 6.23 Å². The number of nitrogens with zero attached hydrogens (tertiary/aromatic N) is 1. The van der Waals surface area contributed by atoms with E-state index in [9.17, 15) is 0 Å². The number of hydroxylamine groups is 2. The molecular weight excluding hydrogens is 102 g/mol. The predicted molar refractivity (Wildman–Crippen MR) is 16.7 cm³/mol. The number of rotatable bonds is 0. The fourth-order valence-electron chi connectivity index (χ4n) is 0.259. The molecule has 0 aromatic heterocycles. The molecule has 0 amide bonds. The normalized spacial score (nSPS) is 34.3. The molecule has 0 saturated carbocycles. The van der Waals surface area contributed by atoms with Crippen LogP contribution in [0.1, 0.15) is 0 Å². The van der Waals surface area contributed by atoms with Crippen LogP contribution in [-0.2, 0) is 9.88 Å². The summed E-state index contributed by atoms with van der Waals surface area (Å²) in [5.41, 5.74) is 0. The molecule has 1 atom stereocenters. The first-order valence-electron chi connectivity index (χ1n) is 1.76. The van der Waals surface area contributed by atoms with Gasteiger partial charge in [0.2, 0.25) is 0 Å². The van der Waals surface area contributed by atoms with E-state index in [-0.39, 0.29) is 11.8 Å². The zero-order chi connectivity index (χ0) is 5.28. The average Bonchev–Trinajstić information content (AvgIpc) is 1.91. The highest BCUT2D eigenvalue weighted by Gasteiger charge is 2.22. The average molecular weight is 107 g/mol. The van der Waals surface area contributed by atoms with Gasteiger partial charge in [0.25, 0.3) is 0 Å². The smallest absolute Gasteiger partial charge is 0.186 e. The summed E-state index contributed by atoms with van der Waals surface area (Å²) in [4.78, 5) is 8.00. The molecule has 0 radical (unpaired) electrons. The van der Waals surface area contributed by atoms with Gasteiger partial charge < -0.3 is 5.11 Å². The van der Waals surface area contributed by atoms with Crippen LogP contribution in [0.2, 0.25) is 0 Å². The lowest BCUT2D eigenvalue weighted by Gasteiger charge is -2.01. The van der Waals surface area contributed by atoms with E-state index in [0.717, 1.165) is 0 Å². The summed E-state index contributed by atoms with van der Waals surface area (Å²) in [5, 5.41) is 16.9. The van der Waals surface area contributed by atoms with Gasteiger partial charge in [0, 0.05) is 0 Å². The van der Waals surface area contributed by atoms with Gasteiger partial charge in [-0.15, -0.1) is 4.99 Å². The van der Waals surface area contributed by atoms with E-state index in [1.165, 1.54) is 0 Å². The number of aliphatic hydroxyl groups is 1. The van der Waals surface area contributed by atoms with Crippen LogP contribution in [-0.4, -0.2) is 28.4 Å². The predicted octanol–water partition coefficient (Wildman–Crippen LogP) is -1.13. The Labute approximate surface area is 39.5 Å². The highest BCUT2D eigenvalue weighted by molar-refractivity contribution is 4.39. The van der Waals surface area contributed by atoms with Crippen molar-refractivity contribution in [2.24, 2.45) is 0 Å². The van der Waals surface area contributed by atoms with Gasteiger partial charge in [0.1, 0.15) is 6.61 Å². The minimum absolute atomic E-state index is 0.0174. The molecular formula is C2H5NO4. The third kappa shape index (κ3) is 0.872. The molecule has 1 fully saturated rings. The molecule has 0 aromatic rings. The Balaban J connectivity index is 2.33. The Kier molecular flexibility index (Phi) is 1.22. The van der Waals surface area contributed by atoms with Gasteiger partial charge in [-0.3, -0.25) is 5.21 Å². The SMILES string of the molecule is OC1COON1O. The van der Waals surface area contributed by atoms with Crippen LogP contribution >= 0.6 is 0 Å². The molecule has 5 heteroatoms.